The number of hydrogen-bond acceptors (Lipinski definition) is 9. The summed E-state index contributed by atoms with van der Waals surface area (Å²) >= 11 is 0. The molecule has 2 N–H and O–H groups in total. The van der Waals surface area contributed by atoms with Crippen molar-refractivity contribution in [3.63, 3.8) is 0 Å². The standard InChI is InChI=1S/C19H27NO5S.C18H23NO2/c1-3-24-17(21)19-11-9-18(10-12-19,13-16(19)25-26(2,22)23)20-14-15-7-5-4-6-8-15;1-2-21-16(20)17-8-11-18(12-9-17,13-10-17)19-14-15-6-4-3-5-7-15/h4-8,16,20H,3,9-14H2,1-2H3;3-8,11,19H,2,9-10,12-14H2,1H3. The van der Waals surface area contributed by atoms with Gasteiger partial charge in [0.15, 0.2) is 0 Å². The highest BCUT2D eigenvalue weighted by Crippen LogP contribution is 2.54. The van der Waals surface area contributed by atoms with Crippen LogP contribution in [0.25, 0.3) is 0 Å². The van der Waals surface area contributed by atoms with E-state index in [4.69, 9.17) is 13.7 Å². The first-order valence-corrected chi connectivity index (χ1v) is 18.8. The molecule has 2 aromatic rings. The van der Waals surface area contributed by atoms with Crippen LogP contribution < -0.4 is 10.6 Å². The fourth-order valence-corrected chi connectivity index (χ4v) is 8.46. The molecule has 4 bridgehead atoms. The van der Waals surface area contributed by atoms with Crippen LogP contribution in [0.5, 0.6) is 0 Å². The van der Waals surface area contributed by atoms with E-state index in [1.807, 2.05) is 31.2 Å². The maximum atomic E-state index is 12.6. The van der Waals surface area contributed by atoms with Crippen LogP contribution in [0.2, 0.25) is 0 Å². The van der Waals surface area contributed by atoms with Crippen molar-refractivity contribution >= 4 is 22.1 Å². The zero-order valence-corrected chi connectivity index (χ0v) is 28.8. The van der Waals surface area contributed by atoms with Gasteiger partial charge in [0.25, 0.3) is 10.1 Å². The second-order valence-corrected chi connectivity index (χ2v) is 15.3. The molecule has 0 aliphatic heterocycles. The van der Waals surface area contributed by atoms with Crippen molar-refractivity contribution in [2.24, 2.45) is 10.8 Å². The van der Waals surface area contributed by atoms with Gasteiger partial charge in [-0.2, -0.15) is 8.42 Å². The first-order chi connectivity index (χ1) is 22.5. The zero-order chi connectivity index (χ0) is 33.6. The van der Waals surface area contributed by atoms with Crippen molar-refractivity contribution in [3.05, 3.63) is 83.9 Å². The molecule has 256 valence electrons. The van der Waals surface area contributed by atoms with E-state index in [1.54, 1.807) is 6.92 Å². The molecule has 4 fully saturated rings. The van der Waals surface area contributed by atoms with E-state index < -0.39 is 21.6 Å². The monoisotopic (exact) mass is 666 g/mol. The molecule has 1 unspecified atom stereocenters. The van der Waals surface area contributed by atoms with Gasteiger partial charge >= 0.3 is 11.9 Å². The van der Waals surface area contributed by atoms with Gasteiger partial charge in [0, 0.05) is 24.2 Å². The summed E-state index contributed by atoms with van der Waals surface area (Å²) in [6.45, 7) is 5.96. The summed E-state index contributed by atoms with van der Waals surface area (Å²) in [5.41, 5.74) is 1.12. The Hall–Kier alpha value is -3.05. The number of hydrogen-bond donors (Lipinski definition) is 2. The van der Waals surface area contributed by atoms with Crippen LogP contribution >= 0.6 is 0 Å². The Bertz CT molecular complexity index is 1490. The molecule has 0 spiro atoms. The number of esters is 2. The van der Waals surface area contributed by atoms with Crippen molar-refractivity contribution < 1.29 is 31.7 Å². The summed E-state index contributed by atoms with van der Waals surface area (Å²) in [4.78, 5) is 24.8. The molecule has 2 aromatic carbocycles. The molecule has 1 atom stereocenters. The van der Waals surface area contributed by atoms with Crippen molar-refractivity contribution in [1.82, 2.24) is 10.6 Å². The molecule has 6 aliphatic rings. The minimum atomic E-state index is -3.66. The summed E-state index contributed by atoms with van der Waals surface area (Å²) < 4.78 is 39.5. The van der Waals surface area contributed by atoms with Crippen LogP contribution in [0, 0.1) is 10.8 Å². The van der Waals surface area contributed by atoms with Gasteiger partial charge in [-0.25, -0.2) is 0 Å². The predicted octanol–water partition coefficient (Wildman–Crippen LogP) is 5.60. The molecule has 9 nitrogen and oxygen atoms in total. The van der Waals surface area contributed by atoms with Crippen molar-refractivity contribution in [2.45, 2.75) is 102 Å². The predicted molar refractivity (Wildman–Crippen MR) is 181 cm³/mol. The van der Waals surface area contributed by atoms with Crippen LogP contribution in [0.3, 0.4) is 0 Å². The maximum Gasteiger partial charge on any atom is 0.315 e. The van der Waals surface area contributed by atoms with E-state index in [0.29, 0.717) is 32.4 Å². The molecule has 0 amide bonds. The number of carbonyl (C=O) groups excluding carboxylic acids is 2. The number of nitrogens with one attached hydrogen (secondary N) is 2. The molecular formula is C37H50N2O7S. The minimum Gasteiger partial charge on any atom is -0.465 e. The molecule has 0 radical (unpaired) electrons. The quantitative estimate of drug-likeness (QED) is 0.170. The van der Waals surface area contributed by atoms with Gasteiger partial charge in [-0.05, 0) is 82.8 Å². The fraction of sp³-hybridized carbons (Fsp3) is 0.568. The fourth-order valence-electron chi connectivity index (χ4n) is 7.78. The lowest BCUT2D eigenvalue weighted by molar-refractivity contribution is -0.175. The molecule has 8 rings (SSSR count). The van der Waals surface area contributed by atoms with E-state index >= 15 is 0 Å². The Labute approximate surface area is 280 Å². The van der Waals surface area contributed by atoms with Gasteiger partial charge < -0.3 is 20.1 Å². The van der Waals surface area contributed by atoms with Gasteiger partial charge in [0.05, 0.1) is 36.4 Å². The highest BCUT2D eigenvalue weighted by atomic mass is 32.2. The number of fused-ring (bicyclic) bond motifs is 5. The Morgan fingerprint density at radius 3 is 1.74 bits per heavy atom. The highest BCUT2D eigenvalue weighted by Gasteiger charge is 2.60. The third kappa shape index (κ3) is 8.16. The Balaban J connectivity index is 0.000000189. The summed E-state index contributed by atoms with van der Waals surface area (Å²) in [6.07, 6.45) is 11.7. The summed E-state index contributed by atoms with van der Waals surface area (Å²) in [5.74, 6) is -0.373. The lowest BCUT2D eigenvalue weighted by atomic mass is 9.55. The second-order valence-electron chi connectivity index (χ2n) is 13.7. The molecule has 0 heterocycles. The molecule has 6 aliphatic carbocycles. The minimum absolute atomic E-state index is 0.0439. The molecule has 47 heavy (non-hydrogen) atoms. The van der Waals surface area contributed by atoms with Crippen molar-refractivity contribution in [2.75, 3.05) is 19.5 Å². The normalized spacial score (nSPS) is 30.7. The third-order valence-electron chi connectivity index (χ3n) is 10.7. The van der Waals surface area contributed by atoms with E-state index in [9.17, 15) is 18.0 Å². The van der Waals surface area contributed by atoms with Crippen molar-refractivity contribution in [1.29, 1.82) is 0 Å². The lowest BCUT2D eigenvalue weighted by Crippen LogP contribution is -2.63. The first kappa shape index (κ1) is 35.3. The van der Waals surface area contributed by atoms with Crippen LogP contribution in [-0.2, 0) is 46.5 Å². The zero-order valence-electron chi connectivity index (χ0n) is 28.0. The summed E-state index contributed by atoms with van der Waals surface area (Å²) in [6, 6.07) is 20.5. The van der Waals surface area contributed by atoms with Crippen LogP contribution in [0.15, 0.2) is 72.8 Å². The SMILES string of the molecule is CCOC(=O)C12C=CC(NCc3ccccc3)(CC1)CC2.CCOC(=O)C12CCC(NCc3ccccc3)(CC1)CC2OS(C)(=O)=O. The highest BCUT2D eigenvalue weighted by molar-refractivity contribution is 7.86. The number of ether oxygens (including phenoxy) is 2. The first-order valence-electron chi connectivity index (χ1n) is 17.0. The average Bonchev–Trinajstić information content (AvgIpc) is 3.09. The number of carbonyl (C=O) groups is 2. The molecule has 10 heteroatoms. The van der Waals surface area contributed by atoms with Crippen molar-refractivity contribution in [3.8, 4) is 0 Å². The third-order valence-corrected chi connectivity index (χ3v) is 11.3. The Morgan fingerprint density at radius 1 is 0.723 bits per heavy atom. The Kier molecular flexibility index (Phi) is 11.0. The smallest absolute Gasteiger partial charge is 0.315 e. The van der Waals surface area contributed by atoms with Gasteiger partial charge in [0.1, 0.15) is 0 Å². The van der Waals surface area contributed by atoms with Crippen LogP contribution in [-0.4, -0.2) is 57.0 Å². The van der Waals surface area contributed by atoms with E-state index in [1.165, 1.54) is 11.1 Å². The van der Waals surface area contributed by atoms with Gasteiger partial charge in [-0.15, -0.1) is 0 Å². The van der Waals surface area contributed by atoms with E-state index in [2.05, 4.69) is 59.2 Å². The Morgan fingerprint density at radius 2 is 1.26 bits per heavy atom. The van der Waals surface area contributed by atoms with Gasteiger partial charge in [-0.3, -0.25) is 13.8 Å². The molecular weight excluding hydrogens is 616 g/mol. The van der Waals surface area contributed by atoms with Gasteiger partial charge in [0.2, 0.25) is 0 Å². The number of rotatable bonds is 12. The molecule has 0 aromatic heterocycles. The number of benzene rings is 2. The average molecular weight is 667 g/mol. The van der Waals surface area contributed by atoms with Crippen LogP contribution in [0.1, 0.15) is 82.8 Å². The van der Waals surface area contributed by atoms with Gasteiger partial charge in [-0.1, -0.05) is 72.8 Å². The molecule has 0 saturated heterocycles. The van der Waals surface area contributed by atoms with E-state index in [-0.39, 0.29) is 35.0 Å². The second kappa shape index (κ2) is 14.6. The van der Waals surface area contributed by atoms with Crippen LogP contribution in [0.4, 0.5) is 0 Å². The maximum absolute atomic E-state index is 12.6. The largest absolute Gasteiger partial charge is 0.465 e. The lowest BCUT2D eigenvalue weighted by Gasteiger charge is -2.55. The topological polar surface area (TPSA) is 120 Å². The van der Waals surface area contributed by atoms with E-state index in [0.717, 1.165) is 51.3 Å². The summed E-state index contributed by atoms with van der Waals surface area (Å²) in [7, 11) is -3.66. The molecule has 4 saturated carbocycles. The summed E-state index contributed by atoms with van der Waals surface area (Å²) in [5, 5.41) is 7.30.